The summed E-state index contributed by atoms with van der Waals surface area (Å²) in [6.45, 7) is 3.00. The molecule has 0 fully saturated rings. The van der Waals surface area contributed by atoms with Crippen molar-refractivity contribution in [1.29, 1.82) is 0 Å². The van der Waals surface area contributed by atoms with E-state index < -0.39 is 40.1 Å². The first-order valence-corrected chi connectivity index (χ1v) is 9.03. The van der Waals surface area contributed by atoms with Crippen molar-refractivity contribution in [2.45, 2.75) is 30.4 Å². The Morgan fingerprint density at radius 2 is 1.70 bits per heavy atom. The predicted octanol–water partition coefficient (Wildman–Crippen LogP) is 3.11. The number of rotatable bonds is 11. The van der Waals surface area contributed by atoms with Gasteiger partial charge in [-0.2, -0.15) is 17.6 Å². The molecule has 0 saturated heterocycles. The van der Waals surface area contributed by atoms with Crippen LogP contribution in [0.3, 0.4) is 0 Å². The molecular formula is C16H17F4O6S-. The van der Waals surface area contributed by atoms with Crippen LogP contribution in [-0.4, -0.2) is 43.3 Å². The molecule has 1 rings (SSSR count). The van der Waals surface area contributed by atoms with Gasteiger partial charge in [0.05, 0.1) is 12.2 Å². The second-order valence-electron chi connectivity index (χ2n) is 5.49. The molecule has 27 heavy (non-hydrogen) atoms. The molecule has 0 aliphatic rings. The van der Waals surface area contributed by atoms with Crippen molar-refractivity contribution in [3.63, 3.8) is 0 Å². The summed E-state index contributed by atoms with van der Waals surface area (Å²) in [4.78, 5) is 11.7. The Balaban J connectivity index is 2.30. The molecule has 6 nitrogen and oxygen atoms in total. The van der Waals surface area contributed by atoms with Crippen molar-refractivity contribution >= 4 is 16.1 Å². The maximum atomic E-state index is 13.2. The first kappa shape index (κ1) is 23.1. The molecule has 0 heterocycles. The Labute approximate surface area is 153 Å². The minimum atomic E-state index is -6.48. The summed E-state index contributed by atoms with van der Waals surface area (Å²) in [5.74, 6) is -5.45. The average molecular weight is 413 g/mol. The van der Waals surface area contributed by atoms with Crippen LogP contribution in [0, 0.1) is 0 Å². The van der Waals surface area contributed by atoms with Crippen LogP contribution in [0.4, 0.5) is 17.6 Å². The van der Waals surface area contributed by atoms with Crippen LogP contribution in [0.1, 0.15) is 19.3 Å². The lowest BCUT2D eigenvalue weighted by Crippen LogP contribution is -2.46. The summed E-state index contributed by atoms with van der Waals surface area (Å²) < 4.78 is 92.9. The van der Waals surface area contributed by atoms with Gasteiger partial charge >= 0.3 is 17.1 Å². The molecule has 11 heteroatoms. The van der Waals surface area contributed by atoms with Crippen molar-refractivity contribution in [2.24, 2.45) is 0 Å². The quantitative estimate of drug-likeness (QED) is 0.138. The third kappa shape index (κ3) is 6.60. The zero-order valence-electron chi connectivity index (χ0n) is 14.0. The molecule has 0 unspecified atom stereocenters. The summed E-state index contributed by atoms with van der Waals surface area (Å²) in [5.41, 5.74) is -0.0480. The van der Waals surface area contributed by atoms with E-state index >= 15 is 0 Å². The number of benzene rings is 1. The Morgan fingerprint density at radius 3 is 2.26 bits per heavy atom. The van der Waals surface area contributed by atoms with Crippen LogP contribution in [-0.2, 0) is 19.6 Å². The van der Waals surface area contributed by atoms with E-state index in [2.05, 4.69) is 6.58 Å². The molecule has 0 radical (unpaired) electrons. The molecule has 152 valence electrons. The van der Waals surface area contributed by atoms with E-state index in [1.54, 1.807) is 30.3 Å². The molecule has 0 aliphatic carbocycles. The fourth-order valence-electron chi connectivity index (χ4n) is 1.80. The number of hydrogen-bond donors (Lipinski definition) is 0. The van der Waals surface area contributed by atoms with Gasteiger partial charge in [-0.1, -0.05) is 24.8 Å². The Hall–Kier alpha value is -1.98. The van der Waals surface area contributed by atoms with Gasteiger partial charge in [-0.15, -0.1) is 0 Å². The number of halogens is 4. The Morgan fingerprint density at radius 1 is 1.11 bits per heavy atom. The second-order valence-corrected chi connectivity index (χ2v) is 6.91. The molecule has 0 aromatic heterocycles. The van der Waals surface area contributed by atoms with Crippen LogP contribution >= 0.6 is 0 Å². The molecule has 1 aromatic rings. The smallest absolute Gasteiger partial charge is 0.396 e. The first-order chi connectivity index (χ1) is 12.4. The summed E-state index contributed by atoms with van der Waals surface area (Å²) >= 11 is 0. The minimum absolute atomic E-state index is 0.0480. The monoisotopic (exact) mass is 413 g/mol. The number of carbonyl (C=O) groups is 1. The fraction of sp³-hybridized carbons (Fsp3) is 0.438. The summed E-state index contributed by atoms with van der Waals surface area (Å²) in [7, 11) is -6.48. The highest BCUT2D eigenvalue weighted by Crippen LogP contribution is 2.41. The molecule has 0 amide bonds. The van der Waals surface area contributed by atoms with Gasteiger partial charge in [0.25, 0.3) is 0 Å². The van der Waals surface area contributed by atoms with Crippen LogP contribution in [0.15, 0.2) is 42.5 Å². The molecule has 0 bridgehead atoms. The lowest BCUT2D eigenvalue weighted by atomic mass is 10.1. The number of alkyl halides is 4. The van der Waals surface area contributed by atoms with Crippen molar-refractivity contribution in [2.75, 3.05) is 13.2 Å². The topological polar surface area (TPSA) is 92.7 Å². The third-order valence-electron chi connectivity index (χ3n) is 3.29. The second kappa shape index (κ2) is 9.29. The average Bonchev–Trinajstić information content (AvgIpc) is 2.57. The van der Waals surface area contributed by atoms with Crippen LogP contribution in [0.5, 0.6) is 5.75 Å². The van der Waals surface area contributed by atoms with Crippen LogP contribution in [0.25, 0.3) is 0 Å². The molecule has 0 N–H and O–H groups in total. The van der Waals surface area contributed by atoms with Gasteiger partial charge in [0.15, 0.2) is 10.1 Å². The maximum Gasteiger partial charge on any atom is 0.396 e. The van der Waals surface area contributed by atoms with Gasteiger partial charge in [-0.3, -0.25) is 0 Å². The van der Waals surface area contributed by atoms with Gasteiger partial charge in [0, 0.05) is 13.0 Å². The molecule has 1 aromatic carbocycles. The summed E-state index contributed by atoms with van der Waals surface area (Å²) in [6.07, 6.45) is -2.17. The summed E-state index contributed by atoms with van der Waals surface area (Å²) in [6, 6.07) is 8.12. The SMILES string of the molecule is C=C(COCCCCC(F)(F)C(F)(F)S(=O)(=O)[O-])C(=O)Oc1ccccc1. The molecule has 0 atom stereocenters. The standard InChI is InChI=1S/C16H18F4O6S/c1-12(14(21)26-13-7-3-2-4-8-13)11-25-10-6-5-9-15(17,18)16(19,20)27(22,23)24/h2-4,7-8H,1,5-6,9-11H2,(H,22,23,24)/p-1. The maximum absolute atomic E-state index is 13.2. The van der Waals surface area contributed by atoms with Crippen LogP contribution in [0.2, 0.25) is 0 Å². The van der Waals surface area contributed by atoms with Crippen molar-refractivity contribution in [3.8, 4) is 5.75 Å². The van der Waals surface area contributed by atoms with E-state index in [1.807, 2.05) is 0 Å². The largest absolute Gasteiger partial charge is 0.743 e. The van der Waals surface area contributed by atoms with Crippen LogP contribution < -0.4 is 4.74 Å². The van der Waals surface area contributed by atoms with E-state index in [0.717, 1.165) is 0 Å². The van der Waals surface area contributed by atoms with Crippen molar-refractivity contribution < 1.29 is 44.8 Å². The molecular weight excluding hydrogens is 396 g/mol. The Bertz CT molecular complexity index is 749. The molecule has 0 saturated carbocycles. The van der Waals surface area contributed by atoms with Crippen molar-refractivity contribution in [3.05, 3.63) is 42.5 Å². The van der Waals surface area contributed by atoms with E-state index in [0.29, 0.717) is 5.75 Å². The van der Waals surface area contributed by atoms with E-state index in [1.165, 1.54) is 0 Å². The highest BCUT2D eigenvalue weighted by molar-refractivity contribution is 7.86. The number of carbonyl (C=O) groups excluding carboxylic acids is 1. The zero-order chi connectivity index (χ0) is 20.7. The lowest BCUT2D eigenvalue weighted by Gasteiger charge is -2.28. The number of esters is 1. The highest BCUT2D eigenvalue weighted by Gasteiger charge is 2.60. The van der Waals surface area contributed by atoms with Gasteiger partial charge in [0.2, 0.25) is 0 Å². The fourth-order valence-corrected chi connectivity index (χ4v) is 2.27. The van der Waals surface area contributed by atoms with Gasteiger partial charge in [-0.05, 0) is 25.0 Å². The van der Waals surface area contributed by atoms with Gasteiger partial charge in [0.1, 0.15) is 5.75 Å². The Kier molecular flexibility index (Phi) is 7.93. The summed E-state index contributed by atoms with van der Waals surface area (Å²) in [5, 5.41) is -5.68. The number of hydrogen-bond acceptors (Lipinski definition) is 6. The lowest BCUT2D eigenvalue weighted by molar-refractivity contribution is -0.165. The number of para-hydroxylation sites is 1. The van der Waals surface area contributed by atoms with Gasteiger partial charge in [-0.25, -0.2) is 13.2 Å². The van der Waals surface area contributed by atoms with E-state index in [9.17, 15) is 35.3 Å². The van der Waals surface area contributed by atoms with E-state index in [-0.39, 0.29) is 25.2 Å². The number of ether oxygens (including phenoxy) is 2. The van der Waals surface area contributed by atoms with Gasteiger partial charge < -0.3 is 14.0 Å². The van der Waals surface area contributed by atoms with Crippen molar-refractivity contribution in [1.82, 2.24) is 0 Å². The zero-order valence-corrected chi connectivity index (χ0v) is 14.8. The normalized spacial score (nSPS) is 12.6. The number of unbranched alkanes of at least 4 members (excludes halogenated alkanes) is 1. The first-order valence-electron chi connectivity index (χ1n) is 7.62. The minimum Gasteiger partial charge on any atom is -0.743 e. The molecule has 0 spiro atoms. The molecule has 0 aliphatic heterocycles. The predicted molar refractivity (Wildman–Crippen MR) is 85.5 cm³/mol. The van der Waals surface area contributed by atoms with E-state index in [4.69, 9.17) is 9.47 Å². The third-order valence-corrected chi connectivity index (χ3v) is 4.21. The highest BCUT2D eigenvalue weighted by atomic mass is 32.2.